The van der Waals surface area contributed by atoms with Crippen molar-refractivity contribution in [3.05, 3.63) is 53.9 Å². The van der Waals surface area contributed by atoms with Gasteiger partial charge in [0.15, 0.2) is 0 Å². The first kappa shape index (κ1) is 19.2. The summed E-state index contributed by atoms with van der Waals surface area (Å²) in [5.74, 6) is 0.745. The van der Waals surface area contributed by atoms with Crippen molar-refractivity contribution in [2.75, 3.05) is 31.2 Å². The van der Waals surface area contributed by atoms with Gasteiger partial charge in [0.25, 0.3) is 0 Å². The van der Waals surface area contributed by atoms with Gasteiger partial charge in [-0.3, -0.25) is 9.29 Å². The van der Waals surface area contributed by atoms with E-state index in [1.807, 2.05) is 30.3 Å². The molecule has 150 valence electrons. The fraction of sp³-hybridized carbons (Fsp3) is 0.450. The molecule has 1 aromatic heterocycles. The second kappa shape index (κ2) is 8.06. The van der Waals surface area contributed by atoms with Gasteiger partial charge < -0.3 is 14.8 Å². The van der Waals surface area contributed by atoms with Crippen LogP contribution in [0.4, 0.5) is 5.69 Å². The highest BCUT2D eigenvalue weighted by Gasteiger charge is 2.40. The van der Waals surface area contributed by atoms with Gasteiger partial charge in [-0.2, -0.15) is 0 Å². The minimum absolute atomic E-state index is 0.0276. The first-order chi connectivity index (χ1) is 13.6. The van der Waals surface area contributed by atoms with Crippen molar-refractivity contribution >= 4 is 15.7 Å². The predicted molar refractivity (Wildman–Crippen MR) is 107 cm³/mol. The van der Waals surface area contributed by atoms with Gasteiger partial charge in [-0.25, -0.2) is 8.42 Å². The Morgan fingerprint density at radius 2 is 2.04 bits per heavy atom. The lowest BCUT2D eigenvalue weighted by atomic mass is 10.1. The van der Waals surface area contributed by atoms with Crippen LogP contribution in [0.5, 0.6) is 5.75 Å². The molecule has 1 aliphatic carbocycles. The fourth-order valence-corrected chi connectivity index (χ4v) is 5.14. The third-order valence-electron chi connectivity index (χ3n) is 5.07. The second-order valence-electron chi connectivity index (χ2n) is 7.12. The van der Waals surface area contributed by atoms with Gasteiger partial charge in [-0.1, -0.05) is 12.1 Å². The summed E-state index contributed by atoms with van der Waals surface area (Å²) in [5.41, 5.74) is 2.34. The van der Waals surface area contributed by atoms with Crippen molar-refractivity contribution < 1.29 is 17.9 Å². The van der Waals surface area contributed by atoms with Crippen molar-refractivity contribution in [1.82, 2.24) is 10.3 Å². The predicted octanol–water partition coefficient (Wildman–Crippen LogP) is 2.25. The Morgan fingerprint density at radius 1 is 1.25 bits per heavy atom. The van der Waals surface area contributed by atoms with Crippen molar-refractivity contribution in [1.29, 1.82) is 0 Å². The van der Waals surface area contributed by atoms with Crippen LogP contribution in [-0.2, 0) is 21.3 Å². The van der Waals surface area contributed by atoms with E-state index in [2.05, 4.69) is 10.3 Å². The second-order valence-corrected chi connectivity index (χ2v) is 9.26. The number of methoxy groups -OCH3 is 1. The van der Waals surface area contributed by atoms with Gasteiger partial charge in [-0.05, 0) is 42.7 Å². The molecular weight excluding hydrogens is 378 g/mol. The van der Waals surface area contributed by atoms with Crippen LogP contribution in [0.3, 0.4) is 0 Å². The molecule has 2 heterocycles. The topological polar surface area (TPSA) is 80.8 Å². The average Bonchev–Trinajstić information content (AvgIpc) is 3.59. The lowest BCUT2D eigenvalue weighted by molar-refractivity contribution is 0.0756. The van der Waals surface area contributed by atoms with Gasteiger partial charge in [0, 0.05) is 12.7 Å². The largest absolute Gasteiger partial charge is 0.497 e. The van der Waals surface area contributed by atoms with E-state index in [0.29, 0.717) is 18.9 Å². The number of sulfonamides is 1. The van der Waals surface area contributed by atoms with Crippen molar-refractivity contribution in [3.8, 4) is 5.75 Å². The third-order valence-corrected chi connectivity index (χ3v) is 7.34. The summed E-state index contributed by atoms with van der Waals surface area (Å²) in [7, 11) is -1.81. The van der Waals surface area contributed by atoms with Crippen LogP contribution in [0.25, 0.3) is 0 Å². The van der Waals surface area contributed by atoms with Crippen LogP contribution in [0.2, 0.25) is 0 Å². The molecule has 1 saturated carbocycles. The first-order valence-corrected chi connectivity index (χ1v) is 11.0. The normalized spacial score (nSPS) is 20.0. The molecular formula is C20H25N3O4S. The summed E-state index contributed by atoms with van der Waals surface area (Å²) < 4.78 is 38.5. The summed E-state index contributed by atoms with van der Waals surface area (Å²) >= 11 is 0. The Labute approximate surface area is 165 Å². The molecule has 1 saturated heterocycles. The fourth-order valence-electron chi connectivity index (χ4n) is 3.31. The summed E-state index contributed by atoms with van der Waals surface area (Å²) in [6.07, 6.45) is 3.11. The molecule has 0 amide bonds. The quantitative estimate of drug-likeness (QED) is 0.764. The molecule has 28 heavy (non-hydrogen) atoms. The Morgan fingerprint density at radius 3 is 2.68 bits per heavy atom. The molecule has 7 nitrogen and oxygen atoms in total. The minimum atomic E-state index is -3.42. The number of hydrogen-bond donors (Lipinski definition) is 1. The zero-order valence-electron chi connectivity index (χ0n) is 15.9. The zero-order valence-corrected chi connectivity index (χ0v) is 16.7. The maximum atomic E-state index is 13.1. The van der Waals surface area contributed by atoms with E-state index in [1.54, 1.807) is 19.4 Å². The number of ether oxygens (including phenoxy) is 2. The maximum Gasteiger partial charge on any atom is 0.238 e. The molecule has 4 rings (SSSR count). The SMILES string of the molecule is COc1ccc(CN(c2ccnc(C3COCCN3)c2)S(=O)(=O)C2CC2)cc1. The smallest absolute Gasteiger partial charge is 0.238 e. The van der Waals surface area contributed by atoms with Crippen LogP contribution >= 0.6 is 0 Å². The molecule has 2 aliphatic rings. The van der Waals surface area contributed by atoms with Crippen molar-refractivity contribution in [2.24, 2.45) is 0 Å². The van der Waals surface area contributed by atoms with Gasteiger partial charge in [0.05, 0.1) is 49.5 Å². The third kappa shape index (κ3) is 4.14. The summed E-state index contributed by atoms with van der Waals surface area (Å²) in [5, 5.41) is 3.08. The van der Waals surface area contributed by atoms with Gasteiger partial charge >= 0.3 is 0 Å². The first-order valence-electron chi connectivity index (χ1n) is 9.49. The number of rotatable bonds is 7. The Balaban J connectivity index is 1.65. The molecule has 1 unspecified atom stereocenters. The number of morpholine rings is 1. The zero-order chi connectivity index (χ0) is 19.6. The highest BCUT2D eigenvalue weighted by molar-refractivity contribution is 7.93. The van der Waals surface area contributed by atoms with Crippen molar-refractivity contribution in [2.45, 2.75) is 30.7 Å². The van der Waals surface area contributed by atoms with Crippen LogP contribution in [0.1, 0.15) is 30.1 Å². The molecule has 2 fully saturated rings. The standard InChI is InChI=1S/C20H25N3O4S/c1-26-17-4-2-15(3-5-17)13-23(28(24,25)18-6-7-18)16-8-9-21-19(12-16)20-14-27-11-10-22-20/h2-5,8-9,12,18,20,22H,6-7,10-11,13-14H2,1H3. The highest BCUT2D eigenvalue weighted by Crippen LogP contribution is 2.35. The van der Waals surface area contributed by atoms with E-state index in [1.165, 1.54) is 4.31 Å². The molecule has 1 aromatic carbocycles. The molecule has 0 radical (unpaired) electrons. The van der Waals surface area contributed by atoms with E-state index in [0.717, 1.165) is 36.4 Å². The average molecular weight is 404 g/mol. The monoisotopic (exact) mass is 403 g/mol. The van der Waals surface area contributed by atoms with E-state index < -0.39 is 10.0 Å². The number of hydrogen-bond acceptors (Lipinski definition) is 6. The molecule has 2 aromatic rings. The number of aromatic nitrogens is 1. The molecule has 1 aliphatic heterocycles. The number of nitrogens with zero attached hydrogens (tertiary/aromatic N) is 2. The van der Waals surface area contributed by atoms with E-state index in [-0.39, 0.29) is 17.8 Å². The summed E-state index contributed by atoms with van der Waals surface area (Å²) in [6.45, 7) is 2.24. The minimum Gasteiger partial charge on any atom is -0.497 e. The molecule has 0 spiro atoms. The summed E-state index contributed by atoms with van der Waals surface area (Å²) in [4.78, 5) is 4.44. The maximum absolute atomic E-state index is 13.1. The Hall–Kier alpha value is -2.16. The van der Waals surface area contributed by atoms with Crippen LogP contribution in [0.15, 0.2) is 42.6 Å². The lowest BCUT2D eigenvalue weighted by Gasteiger charge is -2.27. The number of nitrogens with one attached hydrogen (secondary N) is 1. The van der Waals surface area contributed by atoms with Crippen LogP contribution < -0.4 is 14.4 Å². The Kier molecular flexibility index (Phi) is 5.52. The van der Waals surface area contributed by atoms with E-state index in [4.69, 9.17) is 9.47 Å². The van der Waals surface area contributed by atoms with Crippen molar-refractivity contribution in [3.63, 3.8) is 0 Å². The Bertz CT molecular complexity index is 907. The van der Waals surface area contributed by atoms with Crippen LogP contribution in [-0.4, -0.2) is 45.5 Å². The number of pyridine rings is 1. The van der Waals surface area contributed by atoms with E-state index >= 15 is 0 Å². The molecule has 1 atom stereocenters. The van der Waals surface area contributed by atoms with Gasteiger partial charge in [-0.15, -0.1) is 0 Å². The number of benzene rings is 1. The molecule has 8 heteroatoms. The van der Waals surface area contributed by atoms with Gasteiger partial charge in [0.2, 0.25) is 10.0 Å². The number of anilines is 1. The highest BCUT2D eigenvalue weighted by atomic mass is 32.2. The molecule has 1 N–H and O–H groups in total. The lowest BCUT2D eigenvalue weighted by Crippen LogP contribution is -2.36. The summed E-state index contributed by atoms with van der Waals surface area (Å²) in [6, 6.07) is 11.1. The van der Waals surface area contributed by atoms with Crippen LogP contribution in [0, 0.1) is 0 Å². The molecule has 0 bridgehead atoms. The van der Waals surface area contributed by atoms with E-state index in [9.17, 15) is 8.42 Å². The van der Waals surface area contributed by atoms with Gasteiger partial charge in [0.1, 0.15) is 5.75 Å².